The van der Waals surface area contributed by atoms with E-state index in [1.165, 1.54) is 205 Å². The molecular weight excluding hydrogens is 925 g/mol. The van der Waals surface area contributed by atoms with Gasteiger partial charge in [-0.05, 0) is 77.0 Å². The SMILES string of the molecule is CC/C=C\C/C=C\C/C=C\C/C=C\CCCCCCCCCCCCCCCCCCCCCCC(=O)OCC(COC(=O)CCCCCCC/C=C\CCC)OC(=O)CCCCCCCCCCCCCCCC. The summed E-state index contributed by atoms with van der Waals surface area (Å²) in [6.45, 7) is 6.50. The fraction of sp³-hybridized carbons (Fsp3) is 0.812. The summed E-state index contributed by atoms with van der Waals surface area (Å²) in [6, 6.07) is 0. The van der Waals surface area contributed by atoms with Crippen LogP contribution in [0, 0.1) is 0 Å². The Morgan fingerprint density at radius 2 is 0.547 bits per heavy atom. The predicted octanol–water partition coefficient (Wildman–Crippen LogP) is 22.3. The summed E-state index contributed by atoms with van der Waals surface area (Å²) in [6.07, 6.45) is 81.2. The highest BCUT2D eigenvalue weighted by molar-refractivity contribution is 5.71. The number of ether oxygens (including phenoxy) is 3. The second kappa shape index (κ2) is 63.6. The second-order valence-corrected chi connectivity index (χ2v) is 22.0. The maximum absolute atomic E-state index is 12.8. The standard InChI is InChI=1S/C69H124O6/c1-4-7-10-13-16-19-22-24-26-27-28-29-30-31-32-33-34-35-36-37-38-39-40-41-42-43-44-46-47-50-53-56-59-62-68(71)74-65-66(64-73-67(70)61-58-55-52-49-21-18-15-12-9-6-3)75-69(72)63-60-57-54-51-48-45-25-23-20-17-14-11-8-5-2/h7,10,12,15-16,19,24,26,28-29,66H,4-6,8-9,11,13-14,17-18,20-23,25,27,30-65H2,1-3H3/b10-7-,15-12-,19-16-,26-24-,29-28-. The Labute approximate surface area is 466 Å². The maximum atomic E-state index is 12.8. The van der Waals surface area contributed by atoms with Crippen molar-refractivity contribution in [3.63, 3.8) is 0 Å². The van der Waals surface area contributed by atoms with Crippen molar-refractivity contribution in [2.24, 2.45) is 0 Å². The molecule has 0 N–H and O–H groups in total. The molecule has 1 unspecified atom stereocenters. The summed E-state index contributed by atoms with van der Waals surface area (Å²) in [5.41, 5.74) is 0. The molecule has 6 heteroatoms. The van der Waals surface area contributed by atoms with Gasteiger partial charge < -0.3 is 14.2 Å². The number of unbranched alkanes of at least 4 members (excludes halogenated alkanes) is 39. The highest BCUT2D eigenvalue weighted by atomic mass is 16.6. The molecule has 0 aromatic heterocycles. The quantitative estimate of drug-likeness (QED) is 0.0261. The van der Waals surface area contributed by atoms with Gasteiger partial charge in [-0.15, -0.1) is 0 Å². The van der Waals surface area contributed by atoms with Gasteiger partial charge in [0.05, 0.1) is 0 Å². The summed E-state index contributed by atoms with van der Waals surface area (Å²) in [5, 5.41) is 0. The molecule has 0 spiro atoms. The molecule has 0 aliphatic heterocycles. The first-order chi connectivity index (χ1) is 37.0. The van der Waals surface area contributed by atoms with Gasteiger partial charge in [0, 0.05) is 19.3 Å². The van der Waals surface area contributed by atoms with E-state index in [-0.39, 0.29) is 31.1 Å². The van der Waals surface area contributed by atoms with Crippen LogP contribution in [0.5, 0.6) is 0 Å². The number of carbonyl (C=O) groups excluding carboxylic acids is 3. The monoisotopic (exact) mass is 1050 g/mol. The molecular formula is C69H124O6. The largest absolute Gasteiger partial charge is 0.462 e. The first kappa shape index (κ1) is 72.1. The van der Waals surface area contributed by atoms with Crippen LogP contribution in [0.2, 0.25) is 0 Å². The number of esters is 3. The Bertz CT molecular complexity index is 1340. The van der Waals surface area contributed by atoms with Crippen LogP contribution in [0.25, 0.3) is 0 Å². The van der Waals surface area contributed by atoms with Crippen molar-refractivity contribution in [2.45, 2.75) is 348 Å². The van der Waals surface area contributed by atoms with Crippen LogP contribution < -0.4 is 0 Å². The van der Waals surface area contributed by atoms with E-state index >= 15 is 0 Å². The molecule has 0 rings (SSSR count). The molecule has 0 fully saturated rings. The Balaban J connectivity index is 4.03. The smallest absolute Gasteiger partial charge is 0.306 e. The molecule has 0 aliphatic rings. The average molecular weight is 1050 g/mol. The van der Waals surface area contributed by atoms with E-state index < -0.39 is 6.10 Å². The van der Waals surface area contributed by atoms with Gasteiger partial charge in [-0.3, -0.25) is 14.4 Å². The average Bonchev–Trinajstić information content (AvgIpc) is 3.41. The third-order valence-corrected chi connectivity index (χ3v) is 14.5. The van der Waals surface area contributed by atoms with E-state index in [4.69, 9.17) is 14.2 Å². The molecule has 0 amide bonds. The molecule has 0 radical (unpaired) electrons. The zero-order chi connectivity index (χ0) is 54.3. The first-order valence-corrected chi connectivity index (χ1v) is 32.8. The Morgan fingerprint density at radius 1 is 0.280 bits per heavy atom. The number of hydrogen-bond donors (Lipinski definition) is 0. The molecule has 0 aliphatic carbocycles. The highest BCUT2D eigenvalue weighted by Crippen LogP contribution is 2.18. The lowest BCUT2D eigenvalue weighted by atomic mass is 10.0. The van der Waals surface area contributed by atoms with Crippen LogP contribution in [0.4, 0.5) is 0 Å². The molecule has 1 atom stereocenters. The van der Waals surface area contributed by atoms with Gasteiger partial charge in [0.2, 0.25) is 0 Å². The lowest BCUT2D eigenvalue weighted by molar-refractivity contribution is -0.167. The summed E-state index contributed by atoms with van der Waals surface area (Å²) in [4.78, 5) is 38.1. The van der Waals surface area contributed by atoms with Gasteiger partial charge in [0.1, 0.15) is 13.2 Å². The molecule has 0 aromatic carbocycles. The van der Waals surface area contributed by atoms with E-state index in [2.05, 4.69) is 81.5 Å². The van der Waals surface area contributed by atoms with Crippen molar-refractivity contribution in [1.82, 2.24) is 0 Å². The Hall–Kier alpha value is -2.89. The van der Waals surface area contributed by atoms with Gasteiger partial charge in [-0.2, -0.15) is 0 Å². The lowest BCUT2D eigenvalue weighted by Crippen LogP contribution is -2.30. The molecule has 0 saturated carbocycles. The number of allylic oxidation sites excluding steroid dienone is 10. The van der Waals surface area contributed by atoms with Gasteiger partial charge in [-0.25, -0.2) is 0 Å². The highest BCUT2D eigenvalue weighted by Gasteiger charge is 2.19. The van der Waals surface area contributed by atoms with Crippen molar-refractivity contribution in [2.75, 3.05) is 13.2 Å². The zero-order valence-corrected chi connectivity index (χ0v) is 50.1. The molecule has 0 heterocycles. The molecule has 6 nitrogen and oxygen atoms in total. The van der Waals surface area contributed by atoms with Crippen molar-refractivity contribution in [3.8, 4) is 0 Å². The lowest BCUT2D eigenvalue weighted by Gasteiger charge is -2.18. The van der Waals surface area contributed by atoms with Crippen LogP contribution in [-0.4, -0.2) is 37.2 Å². The number of rotatable bonds is 60. The molecule has 75 heavy (non-hydrogen) atoms. The summed E-state index contributed by atoms with van der Waals surface area (Å²) in [5.74, 6) is -0.862. The summed E-state index contributed by atoms with van der Waals surface area (Å²) >= 11 is 0. The van der Waals surface area contributed by atoms with Gasteiger partial charge in [0.15, 0.2) is 6.10 Å². The predicted molar refractivity (Wildman–Crippen MR) is 325 cm³/mol. The zero-order valence-electron chi connectivity index (χ0n) is 50.1. The topological polar surface area (TPSA) is 78.9 Å². The van der Waals surface area contributed by atoms with Crippen LogP contribution >= 0.6 is 0 Å². The van der Waals surface area contributed by atoms with Crippen LogP contribution in [0.1, 0.15) is 342 Å². The van der Waals surface area contributed by atoms with Crippen LogP contribution in [0.3, 0.4) is 0 Å². The number of hydrogen-bond acceptors (Lipinski definition) is 6. The van der Waals surface area contributed by atoms with Crippen LogP contribution in [0.15, 0.2) is 60.8 Å². The van der Waals surface area contributed by atoms with Crippen molar-refractivity contribution in [1.29, 1.82) is 0 Å². The fourth-order valence-electron chi connectivity index (χ4n) is 9.62. The van der Waals surface area contributed by atoms with E-state index in [0.29, 0.717) is 19.3 Å². The Kier molecular flexibility index (Phi) is 61.2. The third kappa shape index (κ3) is 61.8. The fourth-order valence-corrected chi connectivity index (χ4v) is 9.62. The summed E-state index contributed by atoms with van der Waals surface area (Å²) in [7, 11) is 0. The second-order valence-electron chi connectivity index (χ2n) is 22.0. The number of carbonyl (C=O) groups is 3. The third-order valence-electron chi connectivity index (χ3n) is 14.5. The molecule has 0 aromatic rings. The van der Waals surface area contributed by atoms with E-state index in [1.54, 1.807) is 0 Å². The maximum Gasteiger partial charge on any atom is 0.306 e. The first-order valence-electron chi connectivity index (χ1n) is 32.8. The van der Waals surface area contributed by atoms with Gasteiger partial charge >= 0.3 is 17.9 Å². The normalized spacial score (nSPS) is 12.4. The minimum absolute atomic E-state index is 0.0708. The van der Waals surface area contributed by atoms with Crippen molar-refractivity contribution < 1.29 is 28.6 Å². The van der Waals surface area contributed by atoms with E-state index in [0.717, 1.165) is 96.3 Å². The molecule has 0 saturated heterocycles. The van der Waals surface area contributed by atoms with Crippen molar-refractivity contribution in [3.05, 3.63) is 60.8 Å². The summed E-state index contributed by atoms with van der Waals surface area (Å²) < 4.78 is 16.9. The van der Waals surface area contributed by atoms with E-state index in [1.807, 2.05) is 0 Å². The molecule has 436 valence electrons. The van der Waals surface area contributed by atoms with Gasteiger partial charge in [-0.1, -0.05) is 306 Å². The molecule has 0 bridgehead atoms. The van der Waals surface area contributed by atoms with E-state index in [9.17, 15) is 14.4 Å². The van der Waals surface area contributed by atoms with Gasteiger partial charge in [0.25, 0.3) is 0 Å². The minimum atomic E-state index is -0.772. The Morgan fingerprint density at radius 3 is 0.880 bits per heavy atom. The minimum Gasteiger partial charge on any atom is -0.462 e. The van der Waals surface area contributed by atoms with Crippen LogP contribution in [-0.2, 0) is 28.6 Å². The van der Waals surface area contributed by atoms with Crippen molar-refractivity contribution >= 4 is 17.9 Å².